The highest BCUT2D eigenvalue weighted by atomic mass is 28.3. The van der Waals surface area contributed by atoms with Crippen molar-refractivity contribution in [2.24, 2.45) is 23.7 Å². The molecule has 0 N–H and O–H groups in total. The molecule has 1 aliphatic carbocycles. The van der Waals surface area contributed by atoms with Crippen molar-refractivity contribution in [2.75, 3.05) is 0 Å². The smallest absolute Gasteiger partial charge is 0.0607 e. The summed E-state index contributed by atoms with van der Waals surface area (Å²) in [6.45, 7) is 19.6. The third-order valence-electron chi connectivity index (χ3n) is 5.79. The number of hydrogen-bond acceptors (Lipinski definition) is 0. The van der Waals surface area contributed by atoms with E-state index in [4.69, 9.17) is 0 Å². The molecule has 0 saturated carbocycles. The molecular formula is C22H42Si. The molecule has 134 valence electrons. The zero-order chi connectivity index (χ0) is 17.6. The standard InChI is InChI=1S/C22H42Si/c1-9-12-16(4)19-15-20(17(5)13-10-2)22(23(7)8)21(19)18(6)14-11-3/h15-18,20,23H,9-14H2,1-8H3. The van der Waals surface area contributed by atoms with Crippen LogP contribution in [-0.2, 0) is 0 Å². The molecule has 4 atom stereocenters. The number of hydrogen-bond donors (Lipinski definition) is 0. The van der Waals surface area contributed by atoms with Crippen molar-refractivity contribution in [2.45, 2.75) is 93.2 Å². The summed E-state index contributed by atoms with van der Waals surface area (Å²) in [6.07, 6.45) is 10.7. The Morgan fingerprint density at radius 2 is 1.39 bits per heavy atom. The van der Waals surface area contributed by atoms with E-state index in [-0.39, 0.29) is 0 Å². The van der Waals surface area contributed by atoms with Crippen LogP contribution in [0, 0.1) is 23.7 Å². The molecule has 1 heteroatoms. The van der Waals surface area contributed by atoms with Crippen molar-refractivity contribution < 1.29 is 0 Å². The average molecular weight is 335 g/mol. The summed E-state index contributed by atoms with van der Waals surface area (Å²) < 4.78 is 0. The van der Waals surface area contributed by atoms with Gasteiger partial charge in [-0.1, -0.05) is 91.6 Å². The second kappa shape index (κ2) is 9.86. The molecule has 0 aromatic heterocycles. The topological polar surface area (TPSA) is 0 Å². The Kier molecular flexibility index (Phi) is 8.89. The van der Waals surface area contributed by atoms with Gasteiger partial charge in [-0.05, 0) is 47.7 Å². The molecule has 0 heterocycles. The summed E-state index contributed by atoms with van der Waals surface area (Å²) in [6, 6.07) is 0. The zero-order valence-corrected chi connectivity index (χ0v) is 18.4. The maximum atomic E-state index is 2.73. The second-order valence-electron chi connectivity index (χ2n) is 8.32. The summed E-state index contributed by atoms with van der Waals surface area (Å²) in [5, 5.41) is 1.92. The van der Waals surface area contributed by atoms with Gasteiger partial charge in [0, 0.05) is 0 Å². The maximum absolute atomic E-state index is 2.73. The summed E-state index contributed by atoms with van der Waals surface area (Å²) in [5.41, 5.74) is 3.57. The lowest BCUT2D eigenvalue weighted by molar-refractivity contribution is 0.449. The van der Waals surface area contributed by atoms with Gasteiger partial charge >= 0.3 is 0 Å². The lowest BCUT2D eigenvalue weighted by atomic mass is 9.85. The second-order valence-corrected chi connectivity index (χ2v) is 11.2. The van der Waals surface area contributed by atoms with E-state index in [2.05, 4.69) is 60.7 Å². The molecule has 0 bridgehead atoms. The van der Waals surface area contributed by atoms with Gasteiger partial charge in [0.2, 0.25) is 0 Å². The van der Waals surface area contributed by atoms with Gasteiger partial charge in [0.15, 0.2) is 0 Å². The molecule has 0 aromatic rings. The van der Waals surface area contributed by atoms with E-state index < -0.39 is 8.80 Å². The Labute approximate surface area is 148 Å². The molecule has 1 aliphatic rings. The zero-order valence-electron chi connectivity index (χ0n) is 17.2. The molecule has 0 spiro atoms. The molecule has 0 nitrogen and oxygen atoms in total. The van der Waals surface area contributed by atoms with Crippen LogP contribution in [0.4, 0.5) is 0 Å². The van der Waals surface area contributed by atoms with Crippen LogP contribution in [-0.4, -0.2) is 8.80 Å². The first-order valence-corrected chi connectivity index (χ1v) is 13.2. The minimum atomic E-state index is -0.773. The highest BCUT2D eigenvalue weighted by Crippen LogP contribution is 2.45. The van der Waals surface area contributed by atoms with Crippen molar-refractivity contribution in [1.29, 1.82) is 0 Å². The van der Waals surface area contributed by atoms with Gasteiger partial charge in [-0.25, -0.2) is 0 Å². The minimum Gasteiger partial charge on any atom is -0.0740 e. The highest BCUT2D eigenvalue weighted by Gasteiger charge is 2.34. The monoisotopic (exact) mass is 334 g/mol. The normalized spacial score (nSPS) is 22.5. The van der Waals surface area contributed by atoms with Crippen LogP contribution in [0.2, 0.25) is 13.1 Å². The fraction of sp³-hybridized carbons (Fsp3) is 0.818. The van der Waals surface area contributed by atoms with Gasteiger partial charge in [-0.15, -0.1) is 0 Å². The molecule has 0 radical (unpaired) electrons. The summed E-state index contributed by atoms with van der Waals surface area (Å²) >= 11 is 0. The third kappa shape index (κ3) is 5.08. The fourth-order valence-corrected chi connectivity index (χ4v) is 6.95. The Balaban J connectivity index is 3.30. The van der Waals surface area contributed by atoms with Crippen LogP contribution < -0.4 is 0 Å². The summed E-state index contributed by atoms with van der Waals surface area (Å²) in [4.78, 5) is 0. The van der Waals surface area contributed by atoms with Crippen LogP contribution in [0.15, 0.2) is 22.4 Å². The van der Waals surface area contributed by atoms with Gasteiger partial charge in [0.1, 0.15) is 0 Å². The summed E-state index contributed by atoms with van der Waals surface area (Å²) in [7, 11) is -0.773. The predicted molar refractivity (Wildman–Crippen MR) is 110 cm³/mol. The molecule has 0 aromatic carbocycles. The molecule has 0 amide bonds. The minimum absolute atomic E-state index is 0.746. The van der Waals surface area contributed by atoms with Gasteiger partial charge in [-0.2, -0.15) is 0 Å². The van der Waals surface area contributed by atoms with Crippen LogP contribution in [0.3, 0.4) is 0 Å². The average Bonchev–Trinajstić information content (AvgIpc) is 2.88. The summed E-state index contributed by atoms with van der Waals surface area (Å²) in [5.74, 6) is 3.08. The van der Waals surface area contributed by atoms with Crippen molar-refractivity contribution >= 4 is 8.80 Å². The van der Waals surface area contributed by atoms with E-state index in [0.29, 0.717) is 0 Å². The molecule has 4 unspecified atom stereocenters. The number of rotatable bonds is 10. The van der Waals surface area contributed by atoms with Gasteiger partial charge in [-0.3, -0.25) is 0 Å². The largest absolute Gasteiger partial charge is 0.0740 e. The first-order chi connectivity index (χ1) is 10.9. The van der Waals surface area contributed by atoms with Crippen LogP contribution >= 0.6 is 0 Å². The first-order valence-electron chi connectivity index (χ1n) is 10.3. The van der Waals surface area contributed by atoms with E-state index in [1.807, 2.05) is 10.8 Å². The number of allylic oxidation sites excluding steroid dienone is 4. The van der Waals surface area contributed by atoms with Crippen LogP contribution in [0.5, 0.6) is 0 Å². The van der Waals surface area contributed by atoms with E-state index >= 15 is 0 Å². The molecule has 0 fully saturated rings. The highest BCUT2D eigenvalue weighted by molar-refractivity contribution is 6.64. The van der Waals surface area contributed by atoms with Gasteiger partial charge < -0.3 is 0 Å². The lowest BCUT2D eigenvalue weighted by Crippen LogP contribution is -2.21. The molecule has 1 rings (SSSR count). The first kappa shape index (κ1) is 20.7. The van der Waals surface area contributed by atoms with Gasteiger partial charge in [0.05, 0.1) is 8.80 Å². The third-order valence-corrected chi connectivity index (χ3v) is 7.73. The van der Waals surface area contributed by atoms with Crippen molar-refractivity contribution in [3.63, 3.8) is 0 Å². The van der Waals surface area contributed by atoms with Crippen molar-refractivity contribution in [3.05, 3.63) is 22.4 Å². The van der Waals surface area contributed by atoms with E-state index in [0.717, 1.165) is 23.7 Å². The maximum Gasteiger partial charge on any atom is 0.0607 e. The molecular weight excluding hydrogens is 292 g/mol. The Hall–Kier alpha value is -0.303. The van der Waals surface area contributed by atoms with E-state index in [9.17, 15) is 0 Å². The van der Waals surface area contributed by atoms with E-state index in [1.165, 1.54) is 38.5 Å². The SMILES string of the molecule is CCCC(C)C1=CC(C(C)CCC)C([SiH](C)C)=C1C(C)CCC. The Bertz CT molecular complexity index is 416. The Morgan fingerprint density at radius 1 is 0.870 bits per heavy atom. The van der Waals surface area contributed by atoms with Crippen molar-refractivity contribution in [1.82, 2.24) is 0 Å². The quantitative estimate of drug-likeness (QED) is 0.371. The van der Waals surface area contributed by atoms with Crippen LogP contribution in [0.1, 0.15) is 80.1 Å². The predicted octanol–water partition coefficient (Wildman–Crippen LogP) is 7.17. The Morgan fingerprint density at radius 3 is 1.87 bits per heavy atom. The van der Waals surface area contributed by atoms with Gasteiger partial charge in [0.25, 0.3) is 0 Å². The molecule has 23 heavy (non-hydrogen) atoms. The van der Waals surface area contributed by atoms with E-state index in [1.54, 1.807) is 5.57 Å². The van der Waals surface area contributed by atoms with Crippen molar-refractivity contribution in [3.8, 4) is 0 Å². The fourth-order valence-electron chi connectivity index (χ4n) is 4.69. The van der Waals surface area contributed by atoms with Crippen LogP contribution in [0.25, 0.3) is 0 Å². The lowest BCUT2D eigenvalue weighted by Gasteiger charge is -2.27. The molecule has 0 aliphatic heterocycles. The molecule has 0 saturated heterocycles.